The van der Waals surface area contributed by atoms with Crippen molar-refractivity contribution in [2.75, 3.05) is 13.6 Å². The molecular weight excluding hydrogens is 269 g/mol. The minimum absolute atomic E-state index is 0.0807. The van der Waals surface area contributed by atoms with E-state index >= 15 is 0 Å². The predicted molar refractivity (Wildman–Crippen MR) is 78.3 cm³/mol. The molecule has 0 fully saturated rings. The van der Waals surface area contributed by atoms with Gasteiger partial charge in [0.15, 0.2) is 5.78 Å². The fraction of sp³-hybridized carbons (Fsp3) is 0.312. The highest BCUT2D eigenvalue weighted by molar-refractivity contribution is 5.95. The van der Waals surface area contributed by atoms with Crippen molar-refractivity contribution in [3.8, 4) is 0 Å². The molecule has 0 radical (unpaired) electrons. The minimum Gasteiger partial charge on any atom is -0.300 e. The van der Waals surface area contributed by atoms with Gasteiger partial charge in [-0.2, -0.15) is 0 Å². The molecular formula is C16H18FN3O. The van der Waals surface area contributed by atoms with Gasteiger partial charge < -0.3 is 0 Å². The van der Waals surface area contributed by atoms with Gasteiger partial charge in [-0.05, 0) is 31.3 Å². The number of hydrogen-bond acceptors (Lipinski definition) is 4. The number of rotatable bonds is 6. The van der Waals surface area contributed by atoms with Crippen LogP contribution in [0.2, 0.25) is 0 Å². The molecule has 2 heterocycles. The molecule has 2 rings (SSSR count). The highest BCUT2D eigenvalue weighted by Crippen LogP contribution is 2.10. The molecule has 0 aliphatic carbocycles. The maximum atomic E-state index is 12.8. The molecule has 0 aliphatic heterocycles. The molecule has 0 N–H and O–H groups in total. The third-order valence-corrected chi connectivity index (χ3v) is 3.17. The Kier molecular flexibility index (Phi) is 5.11. The number of aromatic nitrogens is 2. The Morgan fingerprint density at radius 1 is 1.29 bits per heavy atom. The van der Waals surface area contributed by atoms with Crippen molar-refractivity contribution in [2.24, 2.45) is 5.92 Å². The van der Waals surface area contributed by atoms with Crippen LogP contribution in [0, 0.1) is 11.7 Å². The number of Topliss-reactive ketones (excluding diaryl/α,β-unsaturated/α-hetero) is 1. The normalized spacial score (nSPS) is 12.4. The molecule has 21 heavy (non-hydrogen) atoms. The Balaban J connectivity index is 1.92. The van der Waals surface area contributed by atoms with Crippen LogP contribution < -0.4 is 0 Å². The fourth-order valence-electron chi connectivity index (χ4n) is 2.16. The quantitative estimate of drug-likeness (QED) is 0.766. The first-order valence-corrected chi connectivity index (χ1v) is 6.80. The van der Waals surface area contributed by atoms with Gasteiger partial charge in [0.05, 0.1) is 11.9 Å². The van der Waals surface area contributed by atoms with Crippen molar-refractivity contribution in [3.05, 3.63) is 59.9 Å². The fourth-order valence-corrected chi connectivity index (χ4v) is 2.16. The molecule has 0 bridgehead atoms. The summed E-state index contributed by atoms with van der Waals surface area (Å²) in [6, 6.07) is 8.44. The van der Waals surface area contributed by atoms with Gasteiger partial charge in [-0.1, -0.05) is 13.0 Å². The molecule has 2 aromatic rings. The van der Waals surface area contributed by atoms with E-state index in [0.29, 0.717) is 18.8 Å². The smallest absolute Gasteiger partial charge is 0.185 e. The maximum absolute atomic E-state index is 12.8. The van der Waals surface area contributed by atoms with E-state index in [1.54, 1.807) is 6.20 Å². The highest BCUT2D eigenvalue weighted by Gasteiger charge is 2.18. The summed E-state index contributed by atoms with van der Waals surface area (Å²) < 4.78 is 12.8. The van der Waals surface area contributed by atoms with Crippen molar-refractivity contribution < 1.29 is 9.18 Å². The van der Waals surface area contributed by atoms with Gasteiger partial charge in [0, 0.05) is 25.2 Å². The lowest BCUT2D eigenvalue weighted by molar-refractivity contribution is 0.0895. The number of ketones is 1. The van der Waals surface area contributed by atoms with E-state index in [2.05, 4.69) is 9.97 Å². The van der Waals surface area contributed by atoms with E-state index in [9.17, 15) is 9.18 Å². The summed E-state index contributed by atoms with van der Waals surface area (Å²) in [5, 5.41) is 0. The van der Waals surface area contributed by atoms with Crippen LogP contribution in [-0.2, 0) is 6.54 Å². The average molecular weight is 287 g/mol. The van der Waals surface area contributed by atoms with E-state index in [0.717, 1.165) is 11.9 Å². The number of carbonyl (C=O) groups excluding carboxylic acids is 1. The largest absolute Gasteiger partial charge is 0.300 e. The van der Waals surface area contributed by atoms with Crippen molar-refractivity contribution >= 4 is 5.78 Å². The second-order valence-corrected chi connectivity index (χ2v) is 5.14. The highest BCUT2D eigenvalue weighted by atomic mass is 19.1. The lowest BCUT2D eigenvalue weighted by Gasteiger charge is -2.20. The number of carbonyl (C=O) groups is 1. The van der Waals surface area contributed by atoms with Crippen LogP contribution in [0.5, 0.6) is 0 Å². The van der Waals surface area contributed by atoms with Gasteiger partial charge in [-0.15, -0.1) is 0 Å². The molecule has 1 atom stereocenters. The summed E-state index contributed by atoms with van der Waals surface area (Å²) in [4.78, 5) is 22.3. The molecule has 2 aromatic heterocycles. The summed E-state index contributed by atoms with van der Waals surface area (Å²) in [5.74, 6) is -0.731. The van der Waals surface area contributed by atoms with Crippen molar-refractivity contribution in [1.29, 1.82) is 0 Å². The first kappa shape index (κ1) is 15.3. The Bertz CT molecular complexity index is 586. The lowest BCUT2D eigenvalue weighted by atomic mass is 10.0. The predicted octanol–water partition coefficient (Wildman–Crippen LogP) is 2.57. The topological polar surface area (TPSA) is 46.1 Å². The minimum atomic E-state index is -0.438. The summed E-state index contributed by atoms with van der Waals surface area (Å²) in [5.41, 5.74) is 1.26. The van der Waals surface area contributed by atoms with Crippen LogP contribution >= 0.6 is 0 Å². The molecule has 1 unspecified atom stereocenters. The monoisotopic (exact) mass is 287 g/mol. The van der Waals surface area contributed by atoms with Gasteiger partial charge in [-0.3, -0.25) is 19.7 Å². The molecule has 0 aliphatic rings. The SMILES string of the molecule is CC(CN(C)Cc1ccccn1)C(=O)c1ccc(F)cn1. The number of hydrogen-bond donors (Lipinski definition) is 0. The molecule has 0 saturated heterocycles. The van der Waals surface area contributed by atoms with E-state index in [4.69, 9.17) is 0 Å². The van der Waals surface area contributed by atoms with E-state index in [1.165, 1.54) is 12.1 Å². The van der Waals surface area contributed by atoms with E-state index in [-0.39, 0.29) is 11.7 Å². The van der Waals surface area contributed by atoms with Crippen LogP contribution in [0.3, 0.4) is 0 Å². The average Bonchev–Trinajstić information content (AvgIpc) is 2.48. The molecule has 5 heteroatoms. The second-order valence-electron chi connectivity index (χ2n) is 5.14. The third-order valence-electron chi connectivity index (χ3n) is 3.17. The zero-order chi connectivity index (χ0) is 15.2. The Morgan fingerprint density at radius 3 is 2.71 bits per heavy atom. The van der Waals surface area contributed by atoms with E-state index < -0.39 is 5.82 Å². The summed E-state index contributed by atoms with van der Waals surface area (Å²) in [6.07, 6.45) is 2.82. The van der Waals surface area contributed by atoms with Gasteiger partial charge in [0.1, 0.15) is 11.5 Å². The molecule has 4 nitrogen and oxygen atoms in total. The lowest BCUT2D eigenvalue weighted by Crippen LogP contribution is -2.29. The zero-order valence-corrected chi connectivity index (χ0v) is 12.2. The first-order valence-electron chi connectivity index (χ1n) is 6.80. The summed E-state index contributed by atoms with van der Waals surface area (Å²) in [7, 11) is 1.94. The standard InChI is InChI=1S/C16H18FN3O/c1-12(16(21)15-7-6-13(17)9-19-15)10-20(2)11-14-5-3-4-8-18-14/h3-9,12H,10-11H2,1-2H3. The Morgan fingerprint density at radius 2 is 2.10 bits per heavy atom. The van der Waals surface area contributed by atoms with Crippen LogP contribution in [-0.4, -0.2) is 34.2 Å². The zero-order valence-electron chi connectivity index (χ0n) is 12.2. The van der Waals surface area contributed by atoms with Crippen molar-refractivity contribution in [3.63, 3.8) is 0 Å². The van der Waals surface area contributed by atoms with Gasteiger partial charge in [-0.25, -0.2) is 4.39 Å². The van der Waals surface area contributed by atoms with Crippen LogP contribution in [0.1, 0.15) is 23.1 Å². The number of nitrogens with zero attached hydrogens (tertiary/aromatic N) is 3. The second kappa shape index (κ2) is 7.04. The summed E-state index contributed by atoms with van der Waals surface area (Å²) in [6.45, 7) is 3.12. The third kappa shape index (κ3) is 4.43. The van der Waals surface area contributed by atoms with Gasteiger partial charge in [0.25, 0.3) is 0 Å². The van der Waals surface area contributed by atoms with Crippen molar-refractivity contribution in [1.82, 2.24) is 14.9 Å². The van der Waals surface area contributed by atoms with Crippen LogP contribution in [0.4, 0.5) is 4.39 Å². The molecule has 0 amide bonds. The molecule has 110 valence electrons. The number of halogens is 1. The molecule has 0 saturated carbocycles. The van der Waals surface area contributed by atoms with Crippen LogP contribution in [0.15, 0.2) is 42.7 Å². The van der Waals surface area contributed by atoms with Crippen LogP contribution in [0.25, 0.3) is 0 Å². The molecule has 0 spiro atoms. The Hall–Kier alpha value is -2.14. The number of pyridine rings is 2. The summed E-state index contributed by atoms with van der Waals surface area (Å²) >= 11 is 0. The van der Waals surface area contributed by atoms with Crippen molar-refractivity contribution in [2.45, 2.75) is 13.5 Å². The molecule has 0 aromatic carbocycles. The maximum Gasteiger partial charge on any atom is 0.185 e. The first-order chi connectivity index (χ1) is 10.1. The van der Waals surface area contributed by atoms with E-state index in [1.807, 2.05) is 37.1 Å². The Labute approximate surface area is 123 Å². The van der Waals surface area contributed by atoms with Gasteiger partial charge in [0.2, 0.25) is 0 Å². The van der Waals surface area contributed by atoms with Gasteiger partial charge >= 0.3 is 0 Å².